The molecule has 2 rings (SSSR count). The molecule has 2 atom stereocenters. The van der Waals surface area contributed by atoms with Gasteiger partial charge in [0.2, 0.25) is 0 Å². The highest BCUT2D eigenvalue weighted by molar-refractivity contribution is 5.79. The van der Waals surface area contributed by atoms with Gasteiger partial charge in [0, 0.05) is 6.04 Å². The lowest BCUT2D eigenvalue weighted by Gasteiger charge is -2.20. The van der Waals surface area contributed by atoms with Gasteiger partial charge in [0.15, 0.2) is 0 Å². The molecule has 27 heavy (non-hydrogen) atoms. The van der Waals surface area contributed by atoms with Crippen LogP contribution in [0.15, 0.2) is 54.6 Å². The van der Waals surface area contributed by atoms with Crippen LogP contribution >= 0.6 is 0 Å². The highest BCUT2D eigenvalue weighted by Crippen LogP contribution is 2.20. The highest BCUT2D eigenvalue weighted by Gasteiger charge is 2.22. The van der Waals surface area contributed by atoms with Crippen LogP contribution in [0.1, 0.15) is 18.9 Å². The van der Waals surface area contributed by atoms with E-state index in [2.05, 4.69) is 10.1 Å². The van der Waals surface area contributed by atoms with Crippen molar-refractivity contribution in [3.8, 4) is 11.1 Å². The summed E-state index contributed by atoms with van der Waals surface area (Å²) in [6, 6.07) is 16.9. The molecule has 0 saturated heterocycles. The third-order valence-corrected chi connectivity index (χ3v) is 4.10. The minimum atomic E-state index is -1.72. The van der Waals surface area contributed by atoms with Crippen molar-refractivity contribution < 1.29 is 29.3 Å². The normalized spacial score (nSPS) is 12.6. The molecule has 2 aromatic carbocycles. The molecule has 0 fully saturated rings. The number of aliphatic carboxylic acids is 1. The maximum Gasteiger partial charge on any atom is 0.514 e. The monoisotopic (exact) mass is 371 g/mol. The standard InChI is InChI=1S/C20H21NO6/c1-13(18(22)23)11-17(21-19(24)27-20(25)26)12-14-7-9-16(10-8-14)15-5-3-2-4-6-15/h2-10,13,17H,11-12H2,1H3,(H,21,24)(H,22,23)(H,25,26)/t13-,17+/m1/s1. The molecule has 0 radical (unpaired) electrons. The van der Waals surface area contributed by atoms with E-state index in [1.54, 1.807) is 0 Å². The first-order valence-electron chi connectivity index (χ1n) is 8.43. The average Bonchev–Trinajstić information content (AvgIpc) is 2.62. The van der Waals surface area contributed by atoms with E-state index in [0.717, 1.165) is 16.7 Å². The maximum absolute atomic E-state index is 11.6. The quantitative estimate of drug-likeness (QED) is 0.504. The predicted octanol–water partition coefficient (Wildman–Crippen LogP) is 3.78. The van der Waals surface area contributed by atoms with Crippen molar-refractivity contribution in [3.05, 3.63) is 60.2 Å². The van der Waals surface area contributed by atoms with E-state index < -0.39 is 30.2 Å². The Morgan fingerprint density at radius 2 is 1.56 bits per heavy atom. The van der Waals surface area contributed by atoms with Gasteiger partial charge in [-0.15, -0.1) is 0 Å². The summed E-state index contributed by atoms with van der Waals surface area (Å²) in [5.74, 6) is -1.70. The van der Waals surface area contributed by atoms with E-state index in [9.17, 15) is 14.4 Å². The summed E-state index contributed by atoms with van der Waals surface area (Å²) in [5, 5.41) is 20.0. The fourth-order valence-corrected chi connectivity index (χ4v) is 2.74. The second-order valence-corrected chi connectivity index (χ2v) is 6.24. The molecule has 142 valence electrons. The van der Waals surface area contributed by atoms with E-state index in [0.29, 0.717) is 6.42 Å². The Labute approximate surface area is 156 Å². The van der Waals surface area contributed by atoms with E-state index >= 15 is 0 Å². The summed E-state index contributed by atoms with van der Waals surface area (Å²) < 4.78 is 4.06. The molecule has 2 aromatic rings. The van der Waals surface area contributed by atoms with Crippen LogP contribution in [0.5, 0.6) is 0 Å². The lowest BCUT2D eigenvalue weighted by Crippen LogP contribution is -2.39. The van der Waals surface area contributed by atoms with Crippen molar-refractivity contribution in [1.29, 1.82) is 0 Å². The Bertz CT molecular complexity index is 788. The summed E-state index contributed by atoms with van der Waals surface area (Å²) in [5.41, 5.74) is 2.99. The predicted molar refractivity (Wildman–Crippen MR) is 98.4 cm³/mol. The lowest BCUT2D eigenvalue weighted by molar-refractivity contribution is -0.141. The van der Waals surface area contributed by atoms with Gasteiger partial charge in [0.25, 0.3) is 0 Å². The molecule has 0 aliphatic heterocycles. The zero-order valence-corrected chi connectivity index (χ0v) is 14.8. The van der Waals surface area contributed by atoms with Crippen LogP contribution in [0.4, 0.5) is 9.59 Å². The summed E-state index contributed by atoms with van der Waals surface area (Å²) in [6.07, 6.45) is -2.35. The average molecular weight is 371 g/mol. The number of carboxylic acids is 1. The second-order valence-electron chi connectivity index (χ2n) is 6.24. The third-order valence-electron chi connectivity index (χ3n) is 4.10. The van der Waals surface area contributed by atoms with Gasteiger partial charge in [0.1, 0.15) is 0 Å². The fourth-order valence-electron chi connectivity index (χ4n) is 2.74. The van der Waals surface area contributed by atoms with Gasteiger partial charge < -0.3 is 20.3 Å². The fraction of sp³-hybridized carbons (Fsp3) is 0.250. The van der Waals surface area contributed by atoms with Crippen molar-refractivity contribution in [2.75, 3.05) is 0 Å². The number of alkyl carbamates (subject to hydrolysis) is 1. The van der Waals surface area contributed by atoms with E-state index in [4.69, 9.17) is 10.2 Å². The molecule has 3 N–H and O–H groups in total. The molecule has 0 aliphatic rings. The minimum absolute atomic E-state index is 0.143. The van der Waals surface area contributed by atoms with Gasteiger partial charge in [-0.2, -0.15) is 0 Å². The van der Waals surface area contributed by atoms with Gasteiger partial charge in [-0.1, -0.05) is 61.5 Å². The zero-order chi connectivity index (χ0) is 19.8. The molecule has 0 unspecified atom stereocenters. The largest absolute Gasteiger partial charge is 0.514 e. The Kier molecular flexibility index (Phi) is 6.93. The van der Waals surface area contributed by atoms with Crippen molar-refractivity contribution >= 4 is 18.2 Å². The minimum Gasteiger partial charge on any atom is -0.481 e. The number of hydrogen-bond acceptors (Lipinski definition) is 4. The number of carbonyl (C=O) groups excluding carboxylic acids is 1. The molecule has 0 spiro atoms. The molecule has 0 bridgehead atoms. The van der Waals surface area contributed by atoms with Crippen molar-refractivity contribution in [2.24, 2.45) is 5.92 Å². The molecule has 0 aliphatic carbocycles. The van der Waals surface area contributed by atoms with Crippen LogP contribution in [-0.2, 0) is 16.0 Å². The number of carbonyl (C=O) groups is 3. The second kappa shape index (κ2) is 9.38. The first-order chi connectivity index (χ1) is 12.8. The number of nitrogens with one attached hydrogen (secondary N) is 1. The number of ether oxygens (including phenoxy) is 1. The Morgan fingerprint density at radius 1 is 0.963 bits per heavy atom. The molecule has 0 heterocycles. The van der Waals surface area contributed by atoms with Gasteiger partial charge >= 0.3 is 18.2 Å². The zero-order valence-electron chi connectivity index (χ0n) is 14.8. The number of carboxylic acid groups (broad SMARTS) is 2. The van der Waals surface area contributed by atoms with Crippen LogP contribution in [0.25, 0.3) is 11.1 Å². The summed E-state index contributed by atoms with van der Waals surface area (Å²) in [6.45, 7) is 1.53. The molecular weight excluding hydrogens is 350 g/mol. The van der Waals surface area contributed by atoms with Crippen molar-refractivity contribution in [3.63, 3.8) is 0 Å². The summed E-state index contributed by atoms with van der Waals surface area (Å²) in [7, 11) is 0. The number of benzene rings is 2. The smallest absolute Gasteiger partial charge is 0.481 e. The molecule has 0 saturated carbocycles. The van der Waals surface area contributed by atoms with Crippen LogP contribution in [0.2, 0.25) is 0 Å². The Balaban J connectivity index is 2.09. The summed E-state index contributed by atoms with van der Waals surface area (Å²) in [4.78, 5) is 33.2. The molecule has 7 heteroatoms. The van der Waals surface area contributed by atoms with Gasteiger partial charge in [-0.25, -0.2) is 9.59 Å². The first kappa shape index (κ1) is 20.0. The van der Waals surface area contributed by atoms with E-state index in [1.165, 1.54) is 6.92 Å². The molecular formula is C20H21NO6. The summed E-state index contributed by atoms with van der Waals surface area (Å²) >= 11 is 0. The number of amides is 1. The third kappa shape index (κ3) is 6.47. The Hall–Kier alpha value is -3.35. The van der Waals surface area contributed by atoms with Gasteiger partial charge in [-0.05, 0) is 29.5 Å². The van der Waals surface area contributed by atoms with Crippen LogP contribution in [0.3, 0.4) is 0 Å². The van der Waals surface area contributed by atoms with Crippen molar-refractivity contribution in [2.45, 2.75) is 25.8 Å². The first-order valence-corrected chi connectivity index (χ1v) is 8.43. The SMILES string of the molecule is C[C@H](C[C@@H](Cc1ccc(-c2ccccc2)cc1)NC(=O)OC(=O)O)C(=O)O. The van der Waals surface area contributed by atoms with Gasteiger partial charge in [0.05, 0.1) is 5.92 Å². The van der Waals surface area contributed by atoms with Crippen LogP contribution in [0, 0.1) is 5.92 Å². The molecule has 0 aromatic heterocycles. The topological polar surface area (TPSA) is 113 Å². The van der Waals surface area contributed by atoms with E-state index in [-0.39, 0.29) is 6.42 Å². The Morgan fingerprint density at radius 3 is 2.11 bits per heavy atom. The maximum atomic E-state index is 11.6. The molecule has 7 nitrogen and oxygen atoms in total. The van der Waals surface area contributed by atoms with E-state index in [1.807, 2.05) is 54.6 Å². The van der Waals surface area contributed by atoms with Gasteiger partial charge in [-0.3, -0.25) is 4.79 Å². The molecule has 1 amide bonds. The van der Waals surface area contributed by atoms with Crippen LogP contribution < -0.4 is 5.32 Å². The highest BCUT2D eigenvalue weighted by atomic mass is 16.7. The number of hydrogen-bond donors (Lipinski definition) is 3. The van der Waals surface area contributed by atoms with Crippen LogP contribution in [-0.4, -0.2) is 34.5 Å². The lowest BCUT2D eigenvalue weighted by atomic mass is 9.95. The number of rotatable bonds is 7. The van der Waals surface area contributed by atoms with Crippen molar-refractivity contribution in [1.82, 2.24) is 5.32 Å².